The number of nitrogens with two attached hydrogens (primary N) is 1. The number of rotatable bonds is 10. The average molecular weight is 588 g/mol. The zero-order chi connectivity index (χ0) is 29.0. The fourth-order valence-corrected chi connectivity index (χ4v) is 6.16. The molecule has 0 bridgehead atoms. The Morgan fingerprint density at radius 2 is 1.93 bits per heavy atom. The van der Waals surface area contributed by atoms with Gasteiger partial charge >= 0.3 is 0 Å². The summed E-state index contributed by atoms with van der Waals surface area (Å²) in [5, 5.41) is 6.11. The van der Waals surface area contributed by atoms with Gasteiger partial charge in [0.2, 0.25) is 5.95 Å². The number of amides is 1. The van der Waals surface area contributed by atoms with Crippen LogP contribution in [-0.4, -0.2) is 80.2 Å². The number of anilines is 5. The van der Waals surface area contributed by atoms with E-state index >= 15 is 0 Å². The first-order chi connectivity index (χ1) is 19.0. The standard InChI is InChI=1S/C27H34ClN7O4S/c1-5-14-40(37,38)22-9-7-6-8-20(22)30-25-23(28)24(29)32-27(33-25)31-19-11-10-17(15-21(19)39-4)26(36)35-13-12-18(16-35)34(2)3/h6-11,15,18H,5,12-14,16H2,1-4H3,(H4,29,30,31,32,33). The molecule has 1 aliphatic heterocycles. The number of para-hydroxylation sites is 1. The number of likely N-dealkylation sites (N-methyl/N-ethyl adjacent to an activating group) is 1. The van der Waals surface area contributed by atoms with Crippen LogP contribution in [0.4, 0.5) is 29.0 Å². The van der Waals surface area contributed by atoms with Gasteiger partial charge in [-0.15, -0.1) is 0 Å². The van der Waals surface area contributed by atoms with E-state index in [4.69, 9.17) is 22.1 Å². The van der Waals surface area contributed by atoms with E-state index in [1.54, 1.807) is 43.3 Å². The van der Waals surface area contributed by atoms with Gasteiger partial charge in [0.15, 0.2) is 15.7 Å². The summed E-state index contributed by atoms with van der Waals surface area (Å²) >= 11 is 6.39. The topological polar surface area (TPSA) is 143 Å². The first-order valence-electron chi connectivity index (χ1n) is 12.9. The Labute approximate surface area is 239 Å². The second-order valence-electron chi connectivity index (χ2n) is 9.73. The van der Waals surface area contributed by atoms with Crippen LogP contribution in [-0.2, 0) is 9.84 Å². The summed E-state index contributed by atoms with van der Waals surface area (Å²) in [7, 11) is 2.01. The summed E-state index contributed by atoms with van der Waals surface area (Å²) in [4.78, 5) is 25.9. The Morgan fingerprint density at radius 3 is 2.60 bits per heavy atom. The number of nitrogens with zero attached hydrogens (tertiary/aromatic N) is 4. The predicted molar refractivity (Wildman–Crippen MR) is 158 cm³/mol. The fourth-order valence-electron chi connectivity index (χ4n) is 4.53. The van der Waals surface area contributed by atoms with Gasteiger partial charge in [0.05, 0.1) is 29.1 Å². The molecule has 0 radical (unpaired) electrons. The minimum absolute atomic E-state index is 0.00439. The van der Waals surface area contributed by atoms with Crippen molar-refractivity contribution in [1.29, 1.82) is 0 Å². The molecule has 1 saturated heterocycles. The Hall–Kier alpha value is -3.61. The maximum Gasteiger partial charge on any atom is 0.254 e. The van der Waals surface area contributed by atoms with Crippen molar-refractivity contribution in [3.05, 3.63) is 53.1 Å². The lowest BCUT2D eigenvalue weighted by Gasteiger charge is -2.21. The maximum atomic E-state index is 13.1. The maximum absolute atomic E-state index is 13.1. The van der Waals surface area contributed by atoms with Crippen LogP contribution in [0.3, 0.4) is 0 Å². The number of carbonyl (C=O) groups excluding carboxylic acids is 1. The van der Waals surface area contributed by atoms with Crippen LogP contribution in [0.2, 0.25) is 5.02 Å². The molecule has 1 atom stereocenters. The summed E-state index contributed by atoms with van der Waals surface area (Å²) in [5.74, 6) is 0.576. The molecule has 0 saturated carbocycles. The first-order valence-corrected chi connectivity index (χ1v) is 14.9. The number of nitrogens with one attached hydrogen (secondary N) is 2. The highest BCUT2D eigenvalue weighted by molar-refractivity contribution is 7.91. The lowest BCUT2D eigenvalue weighted by Crippen LogP contribution is -2.34. The van der Waals surface area contributed by atoms with Crippen LogP contribution in [0.1, 0.15) is 30.1 Å². The van der Waals surface area contributed by atoms with E-state index in [2.05, 4.69) is 25.5 Å². The number of benzene rings is 2. The Morgan fingerprint density at radius 1 is 1.18 bits per heavy atom. The number of ether oxygens (including phenoxy) is 1. The molecule has 4 N–H and O–H groups in total. The van der Waals surface area contributed by atoms with Crippen molar-refractivity contribution in [2.75, 3.05) is 56.4 Å². The largest absolute Gasteiger partial charge is 0.495 e. The van der Waals surface area contributed by atoms with Crippen LogP contribution >= 0.6 is 11.6 Å². The molecule has 0 aliphatic carbocycles. The fraction of sp³-hybridized carbons (Fsp3) is 0.370. The minimum atomic E-state index is -3.52. The molecule has 1 amide bonds. The number of methoxy groups -OCH3 is 1. The molecule has 40 heavy (non-hydrogen) atoms. The van der Waals surface area contributed by atoms with E-state index in [0.29, 0.717) is 48.2 Å². The number of halogens is 1. The molecule has 1 aromatic heterocycles. The third-order valence-electron chi connectivity index (χ3n) is 6.70. The molecule has 3 aromatic rings. The predicted octanol–water partition coefficient (Wildman–Crippen LogP) is 4.17. The second-order valence-corrected chi connectivity index (χ2v) is 12.2. The van der Waals surface area contributed by atoms with Crippen molar-refractivity contribution in [2.45, 2.75) is 30.7 Å². The van der Waals surface area contributed by atoms with Crippen molar-refractivity contribution in [3.63, 3.8) is 0 Å². The SMILES string of the molecule is CCCS(=O)(=O)c1ccccc1Nc1nc(Nc2ccc(C(=O)N3CCC(N(C)C)C3)cc2OC)nc(N)c1Cl. The van der Waals surface area contributed by atoms with E-state index < -0.39 is 9.84 Å². The van der Waals surface area contributed by atoms with Gasteiger partial charge in [-0.25, -0.2) is 8.42 Å². The molecule has 2 aromatic carbocycles. The van der Waals surface area contributed by atoms with Gasteiger partial charge in [-0.3, -0.25) is 4.79 Å². The molecule has 4 rings (SSSR count). The Balaban J connectivity index is 1.59. The highest BCUT2D eigenvalue weighted by atomic mass is 35.5. The number of hydrogen-bond acceptors (Lipinski definition) is 10. The third-order valence-corrected chi connectivity index (χ3v) is 9.05. The number of hydrogen-bond donors (Lipinski definition) is 3. The smallest absolute Gasteiger partial charge is 0.254 e. The van der Waals surface area contributed by atoms with E-state index in [0.717, 1.165) is 6.42 Å². The summed E-state index contributed by atoms with van der Waals surface area (Å²) in [6.07, 6.45) is 1.41. The normalized spacial score (nSPS) is 15.3. The van der Waals surface area contributed by atoms with Crippen molar-refractivity contribution >= 4 is 56.3 Å². The second kappa shape index (κ2) is 12.3. The summed E-state index contributed by atoms with van der Waals surface area (Å²) < 4.78 is 31.1. The molecule has 1 fully saturated rings. The van der Waals surface area contributed by atoms with Crippen molar-refractivity contribution in [2.24, 2.45) is 0 Å². The van der Waals surface area contributed by atoms with E-state index in [1.807, 2.05) is 19.0 Å². The lowest BCUT2D eigenvalue weighted by atomic mass is 10.1. The first kappa shape index (κ1) is 29.4. The zero-order valence-electron chi connectivity index (χ0n) is 22.9. The van der Waals surface area contributed by atoms with E-state index in [1.165, 1.54) is 13.2 Å². The molecule has 214 valence electrons. The van der Waals surface area contributed by atoms with Crippen molar-refractivity contribution in [3.8, 4) is 5.75 Å². The summed E-state index contributed by atoms with van der Waals surface area (Å²) in [5.41, 5.74) is 7.40. The van der Waals surface area contributed by atoms with Gasteiger partial charge < -0.3 is 30.9 Å². The number of nitrogen functional groups attached to an aromatic ring is 1. The van der Waals surface area contributed by atoms with Crippen LogP contribution in [0.25, 0.3) is 0 Å². The molecule has 13 heteroatoms. The average Bonchev–Trinajstić information content (AvgIpc) is 3.42. The Bertz CT molecular complexity index is 1500. The van der Waals surface area contributed by atoms with Crippen molar-refractivity contribution < 1.29 is 17.9 Å². The third kappa shape index (κ3) is 6.40. The van der Waals surface area contributed by atoms with Gasteiger partial charge in [0.25, 0.3) is 5.91 Å². The molecule has 2 heterocycles. The van der Waals surface area contributed by atoms with Crippen LogP contribution in [0, 0.1) is 0 Å². The minimum Gasteiger partial charge on any atom is -0.495 e. The number of aromatic nitrogens is 2. The van der Waals surface area contributed by atoms with Crippen LogP contribution in [0.5, 0.6) is 5.75 Å². The number of sulfone groups is 1. The summed E-state index contributed by atoms with van der Waals surface area (Å²) in [6.45, 7) is 3.17. The number of likely N-dealkylation sites (tertiary alicyclic amines) is 1. The van der Waals surface area contributed by atoms with Gasteiger partial charge in [-0.2, -0.15) is 9.97 Å². The Kier molecular flexibility index (Phi) is 9.02. The monoisotopic (exact) mass is 587 g/mol. The van der Waals surface area contributed by atoms with Crippen LogP contribution in [0.15, 0.2) is 47.4 Å². The van der Waals surface area contributed by atoms with Crippen molar-refractivity contribution in [1.82, 2.24) is 19.8 Å². The molecule has 1 aliphatic rings. The quantitative estimate of drug-likeness (QED) is 0.316. The zero-order valence-corrected chi connectivity index (χ0v) is 24.5. The van der Waals surface area contributed by atoms with Crippen LogP contribution < -0.4 is 21.1 Å². The highest BCUT2D eigenvalue weighted by Crippen LogP contribution is 2.34. The molecule has 0 spiro atoms. The van der Waals surface area contributed by atoms with Gasteiger partial charge in [0.1, 0.15) is 16.6 Å². The lowest BCUT2D eigenvalue weighted by molar-refractivity contribution is 0.0782. The molecule has 1 unspecified atom stereocenters. The van der Waals surface area contributed by atoms with Gasteiger partial charge in [-0.05, 0) is 57.3 Å². The van der Waals surface area contributed by atoms with E-state index in [-0.39, 0.29) is 39.2 Å². The summed E-state index contributed by atoms with van der Waals surface area (Å²) in [6, 6.07) is 11.9. The molecular formula is C27H34ClN7O4S. The van der Waals surface area contributed by atoms with Gasteiger partial charge in [-0.1, -0.05) is 30.7 Å². The molecule has 11 nitrogen and oxygen atoms in total. The van der Waals surface area contributed by atoms with Gasteiger partial charge in [0, 0.05) is 24.7 Å². The van der Waals surface area contributed by atoms with E-state index in [9.17, 15) is 13.2 Å². The number of carbonyl (C=O) groups is 1. The highest BCUT2D eigenvalue weighted by Gasteiger charge is 2.28. The molecular weight excluding hydrogens is 554 g/mol.